The molecule has 0 fully saturated rings. The minimum Gasteiger partial charge on any atom is -0.0798 e. The van der Waals surface area contributed by atoms with E-state index >= 15 is 0 Å². The third kappa shape index (κ3) is 2.85. The van der Waals surface area contributed by atoms with Crippen LogP contribution < -0.4 is 0 Å². The quantitative estimate of drug-likeness (QED) is 0.558. The van der Waals surface area contributed by atoms with Crippen LogP contribution >= 0.6 is 0 Å². The van der Waals surface area contributed by atoms with Gasteiger partial charge < -0.3 is 0 Å². The van der Waals surface area contributed by atoms with E-state index in [4.69, 9.17) is 0 Å². The average molecular weight is 143 g/mol. The first-order valence-corrected chi connectivity index (χ1v) is 3.69. The Morgan fingerprint density at radius 1 is 1.18 bits per heavy atom. The van der Waals surface area contributed by atoms with Gasteiger partial charge in [-0.15, -0.1) is 0 Å². The van der Waals surface area contributed by atoms with E-state index in [1.807, 2.05) is 43.4 Å². The molecule has 0 N–H and O–H groups in total. The molecule has 0 aliphatic heterocycles. The van der Waals surface area contributed by atoms with Gasteiger partial charge in [0.25, 0.3) is 0 Å². The van der Waals surface area contributed by atoms with Crippen molar-refractivity contribution >= 4 is 6.08 Å². The van der Waals surface area contributed by atoms with E-state index in [1.54, 1.807) is 0 Å². The van der Waals surface area contributed by atoms with Crippen LogP contribution in [0, 0.1) is 6.08 Å². The summed E-state index contributed by atoms with van der Waals surface area (Å²) in [7, 11) is 0. The number of allylic oxidation sites excluding steroid dienone is 3. The molecule has 0 heteroatoms. The molecule has 0 atom stereocenters. The van der Waals surface area contributed by atoms with Gasteiger partial charge in [0.1, 0.15) is 0 Å². The zero-order valence-corrected chi connectivity index (χ0v) is 6.62. The highest BCUT2D eigenvalue weighted by molar-refractivity contribution is 5.49. The van der Waals surface area contributed by atoms with E-state index in [2.05, 4.69) is 18.2 Å². The molecule has 0 nitrogen and oxygen atoms in total. The van der Waals surface area contributed by atoms with Crippen LogP contribution in [0.5, 0.6) is 0 Å². The first kappa shape index (κ1) is 7.80. The van der Waals surface area contributed by atoms with Crippen molar-refractivity contribution < 1.29 is 0 Å². The standard InChI is InChI=1S/C11H11/c1-2-3-5-8-11-9-6-4-7-10-11/h2,4-10H,1H3/b3-2?,8-5+. The lowest BCUT2D eigenvalue weighted by molar-refractivity contribution is 1.65. The van der Waals surface area contributed by atoms with E-state index in [0.29, 0.717) is 0 Å². The summed E-state index contributed by atoms with van der Waals surface area (Å²) in [6.07, 6.45) is 8.82. The van der Waals surface area contributed by atoms with Crippen molar-refractivity contribution in [1.82, 2.24) is 0 Å². The molecule has 0 saturated heterocycles. The first-order valence-electron chi connectivity index (χ1n) is 3.69. The SMILES string of the molecule is CC=[C]/C=C/c1ccccc1. The maximum atomic E-state index is 2.99. The smallest absolute Gasteiger partial charge is 0.0230 e. The fourth-order valence-electron chi connectivity index (χ4n) is 0.805. The summed E-state index contributed by atoms with van der Waals surface area (Å²) in [5.74, 6) is 0. The lowest BCUT2D eigenvalue weighted by Crippen LogP contribution is -1.66. The molecule has 1 aromatic rings. The van der Waals surface area contributed by atoms with E-state index in [-0.39, 0.29) is 0 Å². The summed E-state index contributed by atoms with van der Waals surface area (Å²) < 4.78 is 0. The lowest BCUT2D eigenvalue weighted by Gasteiger charge is -1.87. The predicted molar refractivity (Wildman–Crippen MR) is 49.0 cm³/mol. The van der Waals surface area contributed by atoms with Crippen LogP contribution in [-0.2, 0) is 0 Å². The molecule has 0 unspecified atom stereocenters. The van der Waals surface area contributed by atoms with Gasteiger partial charge in [0.05, 0.1) is 0 Å². The second-order valence-corrected chi connectivity index (χ2v) is 2.20. The summed E-state index contributed by atoms with van der Waals surface area (Å²) in [6, 6.07) is 10.2. The molecule has 1 radical (unpaired) electrons. The summed E-state index contributed by atoms with van der Waals surface area (Å²) in [4.78, 5) is 0. The summed E-state index contributed by atoms with van der Waals surface area (Å²) in [6.45, 7) is 1.95. The number of hydrogen-bond acceptors (Lipinski definition) is 0. The van der Waals surface area contributed by atoms with E-state index in [0.717, 1.165) is 0 Å². The van der Waals surface area contributed by atoms with Gasteiger partial charge in [-0.1, -0.05) is 48.6 Å². The topological polar surface area (TPSA) is 0 Å². The highest BCUT2D eigenvalue weighted by Gasteiger charge is 1.78. The van der Waals surface area contributed by atoms with Crippen molar-refractivity contribution in [1.29, 1.82) is 0 Å². The Kier molecular flexibility index (Phi) is 3.20. The normalized spacial score (nSPS) is 11.4. The van der Waals surface area contributed by atoms with Crippen LogP contribution in [0.2, 0.25) is 0 Å². The zero-order valence-electron chi connectivity index (χ0n) is 6.62. The lowest BCUT2D eigenvalue weighted by atomic mass is 10.2. The minimum absolute atomic E-state index is 1.21. The van der Waals surface area contributed by atoms with Crippen LogP contribution in [-0.4, -0.2) is 0 Å². The molecule has 0 spiro atoms. The second-order valence-electron chi connectivity index (χ2n) is 2.20. The number of rotatable bonds is 2. The van der Waals surface area contributed by atoms with Gasteiger partial charge in [0.2, 0.25) is 0 Å². The highest BCUT2D eigenvalue weighted by atomic mass is 13.8. The maximum absolute atomic E-state index is 2.99. The van der Waals surface area contributed by atoms with Gasteiger partial charge in [-0.05, 0) is 18.6 Å². The molecule has 0 amide bonds. The molecule has 0 bridgehead atoms. The predicted octanol–water partition coefficient (Wildman–Crippen LogP) is 3.08. The minimum atomic E-state index is 1.21. The van der Waals surface area contributed by atoms with Crippen molar-refractivity contribution in [2.24, 2.45) is 0 Å². The summed E-state index contributed by atoms with van der Waals surface area (Å²) >= 11 is 0. The number of hydrogen-bond donors (Lipinski definition) is 0. The first-order chi connectivity index (χ1) is 5.43. The van der Waals surface area contributed by atoms with Crippen LogP contribution in [0.3, 0.4) is 0 Å². The molecule has 0 heterocycles. The molecule has 1 aromatic carbocycles. The Morgan fingerprint density at radius 2 is 1.91 bits per heavy atom. The molecule has 0 saturated carbocycles. The van der Waals surface area contributed by atoms with Gasteiger partial charge in [-0.25, -0.2) is 0 Å². The fraction of sp³-hybridized carbons (Fsp3) is 0.0909. The van der Waals surface area contributed by atoms with Crippen LogP contribution in [0.25, 0.3) is 6.08 Å². The Balaban J connectivity index is 2.64. The summed E-state index contributed by atoms with van der Waals surface area (Å²) in [5, 5.41) is 0. The van der Waals surface area contributed by atoms with Crippen LogP contribution in [0.1, 0.15) is 12.5 Å². The molecule has 1 rings (SSSR count). The molecular formula is C11H11. The zero-order chi connectivity index (χ0) is 7.94. The fourth-order valence-corrected chi connectivity index (χ4v) is 0.805. The second kappa shape index (κ2) is 4.51. The maximum Gasteiger partial charge on any atom is -0.0230 e. The molecule has 55 valence electrons. The molecule has 0 aromatic heterocycles. The average Bonchev–Trinajstić information content (AvgIpc) is 2.07. The molecular weight excluding hydrogens is 132 g/mol. The van der Waals surface area contributed by atoms with E-state index < -0.39 is 0 Å². The summed E-state index contributed by atoms with van der Waals surface area (Å²) in [5.41, 5.74) is 1.21. The van der Waals surface area contributed by atoms with Crippen molar-refractivity contribution in [3.8, 4) is 0 Å². The van der Waals surface area contributed by atoms with Crippen LogP contribution in [0.15, 0.2) is 42.5 Å². The van der Waals surface area contributed by atoms with E-state index in [9.17, 15) is 0 Å². The highest BCUT2D eigenvalue weighted by Crippen LogP contribution is 2.00. The van der Waals surface area contributed by atoms with Gasteiger partial charge in [0, 0.05) is 0 Å². The van der Waals surface area contributed by atoms with Crippen molar-refractivity contribution in [2.45, 2.75) is 6.92 Å². The third-order valence-electron chi connectivity index (χ3n) is 1.34. The van der Waals surface area contributed by atoms with Crippen LogP contribution in [0.4, 0.5) is 0 Å². The van der Waals surface area contributed by atoms with Crippen molar-refractivity contribution in [2.75, 3.05) is 0 Å². The third-order valence-corrected chi connectivity index (χ3v) is 1.34. The monoisotopic (exact) mass is 143 g/mol. The van der Waals surface area contributed by atoms with Crippen molar-refractivity contribution in [3.63, 3.8) is 0 Å². The van der Waals surface area contributed by atoms with Gasteiger partial charge in [-0.3, -0.25) is 0 Å². The number of benzene rings is 1. The van der Waals surface area contributed by atoms with Gasteiger partial charge in [0.15, 0.2) is 0 Å². The Hall–Kier alpha value is -1.30. The molecule has 0 aliphatic rings. The Labute approximate surface area is 67.9 Å². The van der Waals surface area contributed by atoms with Gasteiger partial charge >= 0.3 is 0 Å². The molecule has 11 heavy (non-hydrogen) atoms. The van der Waals surface area contributed by atoms with Gasteiger partial charge in [-0.2, -0.15) is 0 Å². The Bertz CT molecular complexity index is 242. The Morgan fingerprint density at radius 3 is 2.55 bits per heavy atom. The largest absolute Gasteiger partial charge is 0.0798 e. The molecule has 0 aliphatic carbocycles. The van der Waals surface area contributed by atoms with Crippen molar-refractivity contribution in [3.05, 3.63) is 54.1 Å². The van der Waals surface area contributed by atoms with E-state index in [1.165, 1.54) is 5.56 Å².